The van der Waals surface area contributed by atoms with Crippen molar-refractivity contribution in [2.24, 2.45) is 5.73 Å². The number of aliphatic hydroxyl groups is 1. The zero-order chi connectivity index (χ0) is 6.85. The molecule has 1 aliphatic heterocycles. The van der Waals surface area contributed by atoms with Gasteiger partial charge >= 0.3 is 0 Å². The minimum absolute atomic E-state index is 0.198. The third kappa shape index (κ3) is 1.54. The van der Waals surface area contributed by atoms with Gasteiger partial charge < -0.3 is 10.8 Å². The van der Waals surface area contributed by atoms with E-state index >= 15 is 0 Å². The quantitative estimate of drug-likeness (QED) is 0.257. The molecule has 1 aliphatic rings. The molecule has 0 saturated carbocycles. The lowest BCUT2D eigenvalue weighted by atomic mass is 10.5. The second-order valence-corrected chi connectivity index (χ2v) is 1.62. The number of hydrazine groups is 2. The summed E-state index contributed by atoms with van der Waals surface area (Å²) in [5.74, 6) is 0.198. The lowest BCUT2D eigenvalue weighted by molar-refractivity contribution is -0.201. The number of aliphatic hydroxyl groups excluding tert-OH is 1. The molecule has 1 unspecified atom stereocenters. The Morgan fingerprint density at radius 2 is 2.44 bits per heavy atom. The second kappa shape index (κ2) is 2.19. The first-order valence-electron chi connectivity index (χ1n) is 2.35. The van der Waals surface area contributed by atoms with Gasteiger partial charge in [0.2, 0.25) is 0 Å². The van der Waals surface area contributed by atoms with Gasteiger partial charge in [-0.2, -0.15) is 5.43 Å². The first kappa shape index (κ1) is 6.30. The molecule has 0 radical (unpaired) electrons. The van der Waals surface area contributed by atoms with E-state index in [2.05, 4.69) is 10.9 Å². The Bertz CT molecular complexity index is 136. The van der Waals surface area contributed by atoms with Crippen LogP contribution in [0.1, 0.15) is 0 Å². The van der Waals surface area contributed by atoms with Gasteiger partial charge in [0.05, 0.1) is 0 Å². The van der Waals surface area contributed by atoms with Crippen LogP contribution in [0, 0.1) is 0 Å². The summed E-state index contributed by atoms with van der Waals surface area (Å²) in [6.45, 7) is 0. The van der Waals surface area contributed by atoms with Crippen molar-refractivity contribution in [1.82, 2.24) is 16.1 Å². The highest BCUT2D eigenvalue weighted by Crippen LogP contribution is 1.90. The van der Waals surface area contributed by atoms with Gasteiger partial charge in [-0.1, -0.05) is 0 Å². The van der Waals surface area contributed by atoms with Gasteiger partial charge in [-0.15, -0.1) is 0 Å². The largest absolute Gasteiger partial charge is 0.385 e. The zero-order valence-electron chi connectivity index (χ0n) is 4.57. The number of rotatable bonds is 0. The SMILES string of the molecule is NC1=CC(O)NN(O)N1. The molecule has 0 aromatic carbocycles. The Kier molecular flexibility index (Phi) is 1.54. The zero-order valence-corrected chi connectivity index (χ0v) is 4.57. The normalized spacial score (nSPS) is 29.1. The summed E-state index contributed by atoms with van der Waals surface area (Å²) in [6, 6.07) is 0. The van der Waals surface area contributed by atoms with Crippen molar-refractivity contribution >= 4 is 0 Å². The maximum atomic E-state index is 8.74. The van der Waals surface area contributed by atoms with Crippen molar-refractivity contribution in [3.8, 4) is 0 Å². The monoisotopic (exact) mass is 132 g/mol. The smallest absolute Gasteiger partial charge is 0.143 e. The van der Waals surface area contributed by atoms with Crippen LogP contribution in [0.3, 0.4) is 0 Å². The highest BCUT2D eigenvalue weighted by Gasteiger charge is 2.11. The van der Waals surface area contributed by atoms with Crippen LogP contribution < -0.4 is 16.6 Å². The molecule has 0 amide bonds. The molecule has 0 spiro atoms. The molecule has 6 N–H and O–H groups in total. The number of nitrogens with zero attached hydrogens (tertiary/aromatic N) is 1. The van der Waals surface area contributed by atoms with Gasteiger partial charge in [-0.3, -0.25) is 10.6 Å². The van der Waals surface area contributed by atoms with Crippen molar-refractivity contribution < 1.29 is 10.3 Å². The summed E-state index contributed by atoms with van der Waals surface area (Å²) in [4.78, 5) is 0. The van der Waals surface area contributed by atoms with E-state index in [4.69, 9.17) is 16.0 Å². The van der Waals surface area contributed by atoms with Crippen LogP contribution in [0.15, 0.2) is 11.9 Å². The van der Waals surface area contributed by atoms with Crippen LogP contribution in [0.25, 0.3) is 0 Å². The average Bonchev–Trinajstić information content (AvgIpc) is 1.59. The predicted molar refractivity (Wildman–Crippen MR) is 28.2 cm³/mol. The fourth-order valence-electron chi connectivity index (χ4n) is 0.524. The third-order valence-electron chi connectivity index (χ3n) is 0.827. The third-order valence-corrected chi connectivity index (χ3v) is 0.827. The summed E-state index contributed by atoms with van der Waals surface area (Å²) in [5, 5.41) is 17.8. The Morgan fingerprint density at radius 1 is 1.78 bits per heavy atom. The molecule has 0 bridgehead atoms. The second-order valence-electron chi connectivity index (χ2n) is 1.62. The first-order valence-corrected chi connectivity index (χ1v) is 2.35. The number of nitrogens with two attached hydrogens (primary N) is 1. The summed E-state index contributed by atoms with van der Waals surface area (Å²) in [7, 11) is 0. The predicted octanol–water partition coefficient (Wildman–Crippen LogP) is -2.18. The van der Waals surface area contributed by atoms with E-state index in [-0.39, 0.29) is 5.82 Å². The number of hydrogen-bond acceptors (Lipinski definition) is 6. The molecule has 0 aromatic rings. The summed E-state index contributed by atoms with van der Waals surface area (Å²) < 4.78 is 0. The van der Waals surface area contributed by atoms with Gasteiger partial charge in [0.15, 0.2) is 0 Å². The van der Waals surface area contributed by atoms with Gasteiger partial charge in [-0.05, 0) is 5.28 Å². The average molecular weight is 132 g/mol. The Morgan fingerprint density at radius 3 is 2.89 bits per heavy atom. The van der Waals surface area contributed by atoms with E-state index in [0.717, 1.165) is 0 Å². The molecule has 0 fully saturated rings. The molecule has 9 heavy (non-hydrogen) atoms. The minimum Gasteiger partial charge on any atom is -0.385 e. The Labute approximate surface area is 51.5 Å². The van der Waals surface area contributed by atoms with Crippen molar-refractivity contribution in [2.45, 2.75) is 6.23 Å². The minimum atomic E-state index is -0.934. The lowest BCUT2D eigenvalue weighted by Crippen LogP contribution is -2.54. The number of hydrogen-bond donors (Lipinski definition) is 5. The molecule has 1 rings (SSSR count). The molecule has 1 atom stereocenters. The maximum absolute atomic E-state index is 8.74. The van der Waals surface area contributed by atoms with E-state index < -0.39 is 6.23 Å². The summed E-state index contributed by atoms with van der Waals surface area (Å²) in [5.41, 5.74) is 9.62. The van der Waals surface area contributed by atoms with Gasteiger partial charge in [0.25, 0.3) is 0 Å². The topological polar surface area (TPSA) is 93.8 Å². The van der Waals surface area contributed by atoms with E-state index in [1.807, 2.05) is 0 Å². The molecule has 6 nitrogen and oxygen atoms in total. The van der Waals surface area contributed by atoms with Crippen LogP contribution in [0.4, 0.5) is 0 Å². The molecular formula is C3H8N4O2. The van der Waals surface area contributed by atoms with E-state index in [9.17, 15) is 0 Å². The van der Waals surface area contributed by atoms with Crippen molar-refractivity contribution in [2.75, 3.05) is 0 Å². The molecule has 0 aliphatic carbocycles. The molecule has 52 valence electrons. The summed E-state index contributed by atoms with van der Waals surface area (Å²) in [6.07, 6.45) is 0.378. The van der Waals surface area contributed by atoms with E-state index in [1.165, 1.54) is 6.08 Å². The van der Waals surface area contributed by atoms with Gasteiger partial charge in [0.1, 0.15) is 12.0 Å². The van der Waals surface area contributed by atoms with Gasteiger partial charge in [0, 0.05) is 6.08 Å². The summed E-state index contributed by atoms with van der Waals surface area (Å²) >= 11 is 0. The molecule has 1 heterocycles. The fourth-order valence-corrected chi connectivity index (χ4v) is 0.524. The molecule has 0 aromatic heterocycles. The van der Waals surface area contributed by atoms with E-state index in [1.54, 1.807) is 0 Å². The maximum Gasteiger partial charge on any atom is 0.143 e. The van der Waals surface area contributed by atoms with Crippen molar-refractivity contribution in [3.05, 3.63) is 11.9 Å². The molecule has 6 heteroatoms. The van der Waals surface area contributed by atoms with Crippen LogP contribution >= 0.6 is 0 Å². The van der Waals surface area contributed by atoms with Crippen LogP contribution in [0.2, 0.25) is 0 Å². The van der Waals surface area contributed by atoms with Crippen LogP contribution in [-0.4, -0.2) is 21.8 Å². The number of nitrogens with one attached hydrogen (secondary N) is 2. The van der Waals surface area contributed by atoms with Crippen molar-refractivity contribution in [1.29, 1.82) is 0 Å². The van der Waals surface area contributed by atoms with Crippen LogP contribution in [-0.2, 0) is 0 Å². The van der Waals surface area contributed by atoms with Crippen LogP contribution in [0.5, 0.6) is 0 Å². The standard InChI is InChI=1S/C3H8N4O2/c4-2-1-3(8)6-7(9)5-2/h1,3,5-6,8-9H,4H2. The molecule has 0 saturated heterocycles. The highest BCUT2D eigenvalue weighted by molar-refractivity contribution is 4.97. The van der Waals surface area contributed by atoms with Gasteiger partial charge in [-0.25, -0.2) is 0 Å². The van der Waals surface area contributed by atoms with E-state index in [0.29, 0.717) is 5.28 Å². The Balaban J connectivity index is 2.56. The molecular weight excluding hydrogens is 124 g/mol. The lowest BCUT2D eigenvalue weighted by Gasteiger charge is -2.24. The first-order chi connectivity index (χ1) is 4.18. The highest BCUT2D eigenvalue weighted by atomic mass is 16.6. The fraction of sp³-hybridized carbons (Fsp3) is 0.333. The van der Waals surface area contributed by atoms with Crippen molar-refractivity contribution in [3.63, 3.8) is 0 Å². The Hall–Kier alpha value is -0.820.